The van der Waals surface area contributed by atoms with E-state index in [1.165, 1.54) is 4.31 Å². The molecule has 8 heteroatoms. The zero-order valence-electron chi connectivity index (χ0n) is 17.9. The molecule has 1 aliphatic rings. The van der Waals surface area contributed by atoms with Crippen LogP contribution in [-0.4, -0.2) is 41.0 Å². The van der Waals surface area contributed by atoms with E-state index < -0.39 is 16.1 Å². The predicted molar refractivity (Wildman–Crippen MR) is 120 cm³/mol. The molecule has 0 saturated carbocycles. The van der Waals surface area contributed by atoms with Crippen LogP contribution in [0.4, 0.5) is 5.69 Å². The first-order chi connectivity index (χ1) is 14.8. The summed E-state index contributed by atoms with van der Waals surface area (Å²) in [5.74, 6) is -0.318. The van der Waals surface area contributed by atoms with Crippen LogP contribution in [0, 0.1) is 20.8 Å². The van der Waals surface area contributed by atoms with Gasteiger partial charge >= 0.3 is 0 Å². The normalized spacial score (nSPS) is 17.1. The lowest BCUT2D eigenvalue weighted by Gasteiger charge is -2.25. The van der Waals surface area contributed by atoms with Gasteiger partial charge in [-0.2, -0.15) is 9.40 Å². The van der Waals surface area contributed by atoms with Gasteiger partial charge in [-0.25, -0.2) is 13.1 Å². The van der Waals surface area contributed by atoms with E-state index in [1.54, 1.807) is 30.8 Å². The molecule has 2 aromatic carbocycles. The second-order valence-corrected chi connectivity index (χ2v) is 9.82. The molecule has 162 valence electrons. The Morgan fingerprint density at radius 1 is 1.10 bits per heavy atom. The summed E-state index contributed by atoms with van der Waals surface area (Å²) in [6.07, 6.45) is 4.64. The van der Waals surface area contributed by atoms with E-state index in [2.05, 4.69) is 10.4 Å². The summed E-state index contributed by atoms with van der Waals surface area (Å²) in [7, 11) is -3.79. The number of rotatable bonds is 5. The van der Waals surface area contributed by atoms with Gasteiger partial charge in [0.15, 0.2) is 0 Å². The van der Waals surface area contributed by atoms with Gasteiger partial charge in [-0.05, 0) is 69.0 Å². The highest BCUT2D eigenvalue weighted by molar-refractivity contribution is 7.89. The Morgan fingerprint density at radius 3 is 2.52 bits per heavy atom. The van der Waals surface area contributed by atoms with Crippen molar-refractivity contribution in [1.82, 2.24) is 14.1 Å². The van der Waals surface area contributed by atoms with Gasteiger partial charge in [0.2, 0.25) is 15.9 Å². The number of hydrogen-bond acceptors (Lipinski definition) is 4. The average Bonchev–Trinajstić information content (AvgIpc) is 3.39. The van der Waals surface area contributed by atoms with Crippen molar-refractivity contribution in [3.63, 3.8) is 0 Å². The standard InChI is InChI=1S/C23H26N4O3S/c1-16-13-17(2)22(18(3)14-16)31(29,30)27-12-5-9-21(27)23(28)25-19-7-4-8-20(15-19)26-11-6-10-24-26/h4,6-8,10-11,13-15,21H,5,9,12H2,1-3H3,(H,25,28). The van der Waals surface area contributed by atoms with E-state index in [1.807, 2.05) is 49.5 Å². The first-order valence-electron chi connectivity index (χ1n) is 10.3. The fraction of sp³-hybridized carbons (Fsp3) is 0.304. The molecule has 1 amide bonds. The second-order valence-electron chi connectivity index (χ2n) is 7.99. The Balaban J connectivity index is 1.59. The van der Waals surface area contributed by atoms with Crippen molar-refractivity contribution < 1.29 is 13.2 Å². The topological polar surface area (TPSA) is 84.3 Å². The van der Waals surface area contributed by atoms with Crippen molar-refractivity contribution >= 4 is 21.6 Å². The van der Waals surface area contributed by atoms with E-state index in [0.29, 0.717) is 41.1 Å². The Bertz CT molecular complexity index is 1200. The van der Waals surface area contributed by atoms with Crippen molar-refractivity contribution in [1.29, 1.82) is 0 Å². The highest BCUT2D eigenvalue weighted by Gasteiger charge is 2.40. The summed E-state index contributed by atoms with van der Waals surface area (Å²) in [5, 5.41) is 7.09. The summed E-state index contributed by atoms with van der Waals surface area (Å²) in [5.41, 5.74) is 3.84. The first-order valence-corrected chi connectivity index (χ1v) is 11.7. The predicted octanol–water partition coefficient (Wildman–Crippen LogP) is 3.59. The minimum atomic E-state index is -3.79. The molecule has 2 heterocycles. The van der Waals surface area contributed by atoms with Crippen molar-refractivity contribution in [3.05, 3.63) is 71.5 Å². The number of nitrogens with one attached hydrogen (secondary N) is 1. The maximum Gasteiger partial charge on any atom is 0.244 e. The zero-order chi connectivity index (χ0) is 22.2. The fourth-order valence-electron chi connectivity index (χ4n) is 4.35. The Hall–Kier alpha value is -2.97. The molecule has 1 unspecified atom stereocenters. The van der Waals surface area contributed by atoms with Crippen molar-refractivity contribution in [3.8, 4) is 5.69 Å². The third-order valence-corrected chi connectivity index (χ3v) is 7.77. The van der Waals surface area contributed by atoms with Gasteiger partial charge in [0.05, 0.1) is 10.6 Å². The molecule has 3 aromatic rings. The highest BCUT2D eigenvalue weighted by Crippen LogP contribution is 2.31. The van der Waals surface area contributed by atoms with Gasteiger partial charge in [-0.1, -0.05) is 23.8 Å². The van der Waals surface area contributed by atoms with E-state index in [0.717, 1.165) is 11.3 Å². The van der Waals surface area contributed by atoms with Gasteiger partial charge in [0.1, 0.15) is 6.04 Å². The van der Waals surface area contributed by atoms with Gasteiger partial charge < -0.3 is 5.32 Å². The number of amides is 1. The van der Waals surface area contributed by atoms with Crippen molar-refractivity contribution in [2.24, 2.45) is 0 Å². The van der Waals surface area contributed by atoms with Crippen LogP contribution in [0.3, 0.4) is 0 Å². The molecule has 31 heavy (non-hydrogen) atoms. The van der Waals surface area contributed by atoms with E-state index >= 15 is 0 Å². The lowest BCUT2D eigenvalue weighted by molar-refractivity contribution is -0.119. The summed E-state index contributed by atoms with van der Waals surface area (Å²) in [4.78, 5) is 13.4. The molecule has 1 N–H and O–H groups in total. The molecule has 1 fully saturated rings. The molecule has 1 saturated heterocycles. The van der Waals surface area contributed by atoms with E-state index in [9.17, 15) is 13.2 Å². The number of aromatic nitrogens is 2. The van der Waals surface area contributed by atoms with Crippen LogP contribution in [0.25, 0.3) is 5.69 Å². The first kappa shape index (κ1) is 21.3. The SMILES string of the molecule is Cc1cc(C)c(S(=O)(=O)N2CCCC2C(=O)Nc2cccc(-n3cccn3)c2)c(C)c1. The molecule has 1 aromatic heterocycles. The lowest BCUT2D eigenvalue weighted by atomic mass is 10.1. The van der Waals surface area contributed by atoms with Gasteiger partial charge in [-0.15, -0.1) is 0 Å². The van der Waals surface area contributed by atoms with E-state index in [4.69, 9.17) is 0 Å². The molecule has 7 nitrogen and oxygen atoms in total. The van der Waals surface area contributed by atoms with Crippen molar-refractivity contribution in [2.75, 3.05) is 11.9 Å². The molecular formula is C23H26N4O3S. The number of sulfonamides is 1. The molecule has 1 aliphatic heterocycles. The van der Waals surface area contributed by atoms with E-state index in [-0.39, 0.29) is 5.91 Å². The Kier molecular flexibility index (Phi) is 5.68. The van der Waals surface area contributed by atoms with Crippen LogP contribution < -0.4 is 5.32 Å². The third kappa shape index (κ3) is 4.13. The fourth-order valence-corrected chi connectivity index (χ4v) is 6.43. The van der Waals surface area contributed by atoms with Crippen LogP contribution in [0.2, 0.25) is 0 Å². The summed E-state index contributed by atoms with van der Waals surface area (Å²) in [6, 6.07) is 12.1. The molecule has 1 atom stereocenters. The quantitative estimate of drug-likeness (QED) is 0.660. The van der Waals surface area contributed by atoms with Crippen LogP contribution >= 0.6 is 0 Å². The largest absolute Gasteiger partial charge is 0.325 e. The number of nitrogens with zero attached hydrogens (tertiary/aromatic N) is 3. The van der Waals surface area contributed by atoms with Crippen LogP contribution in [0.15, 0.2) is 59.8 Å². The molecule has 0 spiro atoms. The van der Waals surface area contributed by atoms with Gasteiger partial charge in [-0.3, -0.25) is 4.79 Å². The number of anilines is 1. The lowest BCUT2D eigenvalue weighted by Crippen LogP contribution is -2.43. The molecule has 0 radical (unpaired) electrons. The van der Waals surface area contributed by atoms with Gasteiger partial charge in [0.25, 0.3) is 0 Å². The smallest absolute Gasteiger partial charge is 0.244 e. The van der Waals surface area contributed by atoms with Gasteiger partial charge in [0, 0.05) is 24.6 Å². The molecule has 0 aliphatic carbocycles. The zero-order valence-corrected chi connectivity index (χ0v) is 18.7. The summed E-state index contributed by atoms with van der Waals surface area (Å²) >= 11 is 0. The Morgan fingerprint density at radius 2 is 1.84 bits per heavy atom. The minimum absolute atomic E-state index is 0.304. The number of carbonyl (C=O) groups is 1. The summed E-state index contributed by atoms with van der Waals surface area (Å²) < 4.78 is 30.0. The number of benzene rings is 2. The highest BCUT2D eigenvalue weighted by atomic mass is 32.2. The van der Waals surface area contributed by atoms with Crippen LogP contribution in [0.1, 0.15) is 29.5 Å². The molecular weight excluding hydrogens is 412 g/mol. The average molecular weight is 439 g/mol. The number of aryl methyl sites for hydroxylation is 3. The van der Waals surface area contributed by atoms with Crippen LogP contribution in [0.5, 0.6) is 0 Å². The maximum atomic E-state index is 13.5. The third-order valence-electron chi connectivity index (χ3n) is 5.56. The van der Waals surface area contributed by atoms with Crippen molar-refractivity contribution in [2.45, 2.75) is 44.6 Å². The minimum Gasteiger partial charge on any atom is -0.325 e. The molecule has 4 rings (SSSR count). The summed E-state index contributed by atoms with van der Waals surface area (Å²) in [6.45, 7) is 5.89. The maximum absolute atomic E-state index is 13.5. The number of hydrogen-bond donors (Lipinski definition) is 1. The van der Waals surface area contributed by atoms with Crippen LogP contribution in [-0.2, 0) is 14.8 Å². The second kappa shape index (κ2) is 8.28. The number of carbonyl (C=O) groups excluding carboxylic acids is 1. The Labute approximate surface area is 182 Å². The molecule has 0 bridgehead atoms. The monoisotopic (exact) mass is 438 g/mol.